The van der Waals surface area contributed by atoms with Gasteiger partial charge in [0.1, 0.15) is 5.75 Å². The molecule has 0 saturated carbocycles. The highest BCUT2D eigenvalue weighted by molar-refractivity contribution is 6.35. The van der Waals surface area contributed by atoms with Gasteiger partial charge in [-0.2, -0.15) is 0 Å². The molecule has 0 atom stereocenters. The standard InChI is InChI=1S/C13H11Cl3O2/c1-3-12(11(17)6-8(2)14)18-13-5-4-9(15)7-10(13)16/h3-7,17H,2H2,1H3/b11-6+,12-3+. The van der Waals surface area contributed by atoms with Crippen molar-refractivity contribution in [2.45, 2.75) is 6.92 Å². The Labute approximate surface area is 121 Å². The summed E-state index contributed by atoms with van der Waals surface area (Å²) in [6.07, 6.45) is 2.86. The third-order valence-electron chi connectivity index (χ3n) is 1.92. The van der Waals surface area contributed by atoms with E-state index in [0.29, 0.717) is 15.8 Å². The lowest BCUT2D eigenvalue weighted by Crippen LogP contribution is -1.99. The normalized spacial score (nSPS) is 12.4. The number of allylic oxidation sites excluding steroid dienone is 3. The number of halogens is 3. The van der Waals surface area contributed by atoms with Gasteiger partial charge < -0.3 is 9.84 Å². The van der Waals surface area contributed by atoms with E-state index in [2.05, 4.69) is 6.58 Å². The van der Waals surface area contributed by atoms with E-state index in [4.69, 9.17) is 39.5 Å². The monoisotopic (exact) mass is 304 g/mol. The second-order valence-electron chi connectivity index (χ2n) is 3.31. The van der Waals surface area contributed by atoms with Crippen molar-refractivity contribution < 1.29 is 9.84 Å². The number of benzene rings is 1. The third kappa shape index (κ3) is 4.30. The summed E-state index contributed by atoms with van der Waals surface area (Å²) in [5.74, 6) is 0.471. The summed E-state index contributed by atoms with van der Waals surface area (Å²) in [6, 6.07) is 4.79. The highest BCUT2D eigenvalue weighted by Crippen LogP contribution is 2.30. The zero-order valence-electron chi connectivity index (χ0n) is 9.58. The first-order valence-corrected chi connectivity index (χ1v) is 6.12. The van der Waals surface area contributed by atoms with E-state index >= 15 is 0 Å². The number of aliphatic hydroxyl groups is 1. The first kappa shape index (κ1) is 15.0. The highest BCUT2D eigenvalue weighted by Gasteiger charge is 2.09. The van der Waals surface area contributed by atoms with Crippen molar-refractivity contribution in [3.8, 4) is 5.75 Å². The lowest BCUT2D eigenvalue weighted by Gasteiger charge is -2.10. The lowest BCUT2D eigenvalue weighted by molar-refractivity contribution is 0.337. The minimum Gasteiger partial charge on any atom is -0.504 e. The molecule has 1 N–H and O–H groups in total. The third-order valence-corrected chi connectivity index (χ3v) is 2.56. The largest absolute Gasteiger partial charge is 0.504 e. The van der Waals surface area contributed by atoms with Crippen LogP contribution in [0.4, 0.5) is 0 Å². The molecule has 0 aliphatic heterocycles. The molecule has 0 spiro atoms. The highest BCUT2D eigenvalue weighted by atomic mass is 35.5. The number of ether oxygens (including phenoxy) is 1. The number of hydrogen-bond acceptors (Lipinski definition) is 2. The van der Waals surface area contributed by atoms with E-state index in [0.717, 1.165) is 0 Å². The number of aliphatic hydroxyl groups excluding tert-OH is 1. The molecule has 0 amide bonds. The maximum Gasteiger partial charge on any atom is 0.164 e. The Morgan fingerprint density at radius 1 is 1.39 bits per heavy atom. The van der Waals surface area contributed by atoms with E-state index in [1.54, 1.807) is 31.2 Å². The summed E-state index contributed by atoms with van der Waals surface area (Å²) < 4.78 is 5.46. The van der Waals surface area contributed by atoms with Gasteiger partial charge in [-0.1, -0.05) is 41.4 Å². The van der Waals surface area contributed by atoms with Crippen molar-refractivity contribution in [1.29, 1.82) is 0 Å². The lowest BCUT2D eigenvalue weighted by atomic mass is 10.3. The molecule has 1 aromatic rings. The van der Waals surface area contributed by atoms with Gasteiger partial charge in [-0.25, -0.2) is 0 Å². The molecule has 96 valence electrons. The Bertz CT molecular complexity index is 519. The van der Waals surface area contributed by atoms with Gasteiger partial charge in [0.15, 0.2) is 11.5 Å². The second kappa shape index (κ2) is 6.74. The van der Waals surface area contributed by atoms with E-state index in [1.807, 2.05) is 0 Å². The molecule has 0 radical (unpaired) electrons. The fourth-order valence-electron chi connectivity index (χ4n) is 1.16. The van der Waals surface area contributed by atoms with Crippen LogP contribution in [0.1, 0.15) is 6.92 Å². The topological polar surface area (TPSA) is 29.5 Å². The molecule has 5 heteroatoms. The predicted molar refractivity (Wildman–Crippen MR) is 76.6 cm³/mol. The molecule has 0 aliphatic rings. The van der Waals surface area contributed by atoms with Crippen LogP contribution in [0.5, 0.6) is 5.75 Å². The van der Waals surface area contributed by atoms with Crippen LogP contribution in [0.15, 0.2) is 53.5 Å². The van der Waals surface area contributed by atoms with Gasteiger partial charge in [0.25, 0.3) is 0 Å². The quantitative estimate of drug-likeness (QED) is 0.590. The molecule has 1 rings (SSSR count). The number of rotatable bonds is 4. The van der Waals surface area contributed by atoms with Crippen LogP contribution in [0.25, 0.3) is 0 Å². The molecule has 0 aliphatic carbocycles. The van der Waals surface area contributed by atoms with E-state index in [-0.39, 0.29) is 16.6 Å². The molecule has 0 aromatic heterocycles. The van der Waals surface area contributed by atoms with Gasteiger partial charge >= 0.3 is 0 Å². The van der Waals surface area contributed by atoms with Crippen molar-refractivity contribution in [3.05, 3.63) is 63.5 Å². The average Bonchev–Trinajstić information content (AvgIpc) is 2.27. The van der Waals surface area contributed by atoms with Crippen molar-refractivity contribution in [2.24, 2.45) is 0 Å². The molecule has 2 nitrogen and oxygen atoms in total. The van der Waals surface area contributed by atoms with E-state index in [1.165, 1.54) is 6.08 Å². The van der Waals surface area contributed by atoms with Crippen LogP contribution in [-0.2, 0) is 0 Å². The summed E-state index contributed by atoms with van der Waals surface area (Å²) in [5, 5.41) is 10.8. The van der Waals surface area contributed by atoms with Crippen LogP contribution >= 0.6 is 34.8 Å². The molecular weight excluding hydrogens is 294 g/mol. The van der Waals surface area contributed by atoms with Crippen molar-refractivity contribution >= 4 is 34.8 Å². The summed E-state index contributed by atoms with van der Waals surface area (Å²) in [4.78, 5) is 0. The van der Waals surface area contributed by atoms with Crippen LogP contribution in [0.3, 0.4) is 0 Å². The minimum absolute atomic E-state index is 0.136. The zero-order valence-corrected chi connectivity index (χ0v) is 11.9. The van der Waals surface area contributed by atoms with Gasteiger partial charge in [0, 0.05) is 16.1 Å². The Balaban J connectivity index is 2.97. The summed E-state index contributed by atoms with van der Waals surface area (Å²) in [5.41, 5.74) is 0. The first-order chi connectivity index (χ1) is 8.43. The van der Waals surface area contributed by atoms with Crippen LogP contribution in [0.2, 0.25) is 10.0 Å². The Kier molecular flexibility index (Phi) is 5.60. The maximum absolute atomic E-state index is 9.74. The van der Waals surface area contributed by atoms with Gasteiger partial charge in [-0.15, -0.1) is 0 Å². The zero-order chi connectivity index (χ0) is 13.7. The fourth-order valence-corrected chi connectivity index (χ4v) is 1.71. The van der Waals surface area contributed by atoms with Crippen molar-refractivity contribution in [3.63, 3.8) is 0 Å². The molecule has 0 heterocycles. The second-order valence-corrected chi connectivity index (χ2v) is 4.64. The van der Waals surface area contributed by atoms with Gasteiger partial charge in [0.05, 0.1) is 5.02 Å². The molecule has 0 bridgehead atoms. The predicted octanol–water partition coefficient (Wildman–Crippen LogP) is 5.47. The van der Waals surface area contributed by atoms with Gasteiger partial charge in [0.2, 0.25) is 0 Å². The summed E-state index contributed by atoms with van der Waals surface area (Å²) >= 11 is 17.3. The molecule has 1 aromatic carbocycles. The van der Waals surface area contributed by atoms with E-state index in [9.17, 15) is 5.11 Å². The fraction of sp³-hybridized carbons (Fsp3) is 0.0769. The summed E-state index contributed by atoms with van der Waals surface area (Å²) in [7, 11) is 0. The first-order valence-electron chi connectivity index (χ1n) is 4.98. The van der Waals surface area contributed by atoms with Crippen molar-refractivity contribution in [1.82, 2.24) is 0 Å². The van der Waals surface area contributed by atoms with Crippen LogP contribution in [0, 0.1) is 0 Å². The smallest absolute Gasteiger partial charge is 0.164 e. The molecule has 18 heavy (non-hydrogen) atoms. The van der Waals surface area contributed by atoms with Crippen molar-refractivity contribution in [2.75, 3.05) is 0 Å². The molecule has 0 unspecified atom stereocenters. The number of hydrogen-bond donors (Lipinski definition) is 1. The van der Waals surface area contributed by atoms with Gasteiger partial charge in [-0.05, 0) is 31.2 Å². The van der Waals surface area contributed by atoms with E-state index < -0.39 is 0 Å². The molecule has 0 fully saturated rings. The Morgan fingerprint density at radius 2 is 2.06 bits per heavy atom. The SMILES string of the molecule is C=C(Cl)/C=C(O)\C(=C/C)Oc1ccc(Cl)cc1Cl. The van der Waals surface area contributed by atoms with Crippen LogP contribution < -0.4 is 4.74 Å². The average molecular weight is 306 g/mol. The van der Waals surface area contributed by atoms with Gasteiger partial charge in [-0.3, -0.25) is 0 Å². The molecular formula is C13H11Cl3O2. The minimum atomic E-state index is -0.136. The summed E-state index contributed by atoms with van der Waals surface area (Å²) in [6.45, 7) is 5.16. The molecule has 0 saturated heterocycles. The maximum atomic E-state index is 9.74. The Morgan fingerprint density at radius 3 is 2.56 bits per heavy atom. The Hall–Kier alpha value is -1.09. The van der Waals surface area contributed by atoms with Crippen LogP contribution in [-0.4, -0.2) is 5.11 Å².